The molecule has 0 aliphatic carbocycles. The van der Waals surface area contributed by atoms with Gasteiger partial charge >= 0.3 is 0 Å². The first-order chi connectivity index (χ1) is 11.4. The van der Waals surface area contributed by atoms with Crippen LogP contribution in [0.2, 0.25) is 0 Å². The lowest BCUT2D eigenvalue weighted by Crippen LogP contribution is -2.44. The smallest absolute Gasteiger partial charge is 0.191 e. The van der Waals surface area contributed by atoms with Gasteiger partial charge in [0.25, 0.3) is 0 Å². The van der Waals surface area contributed by atoms with Crippen molar-refractivity contribution in [2.45, 2.75) is 45.8 Å². The van der Waals surface area contributed by atoms with Gasteiger partial charge in [-0.1, -0.05) is 13.8 Å². The highest BCUT2D eigenvalue weighted by atomic mass is 127. The van der Waals surface area contributed by atoms with Crippen LogP contribution in [-0.4, -0.2) is 29.1 Å². The van der Waals surface area contributed by atoms with Crippen LogP contribution in [0.5, 0.6) is 0 Å². The van der Waals surface area contributed by atoms with Crippen molar-refractivity contribution in [3.8, 4) is 0 Å². The molecule has 2 aromatic heterocycles. The fourth-order valence-corrected chi connectivity index (χ4v) is 2.96. The number of guanidine groups is 1. The Morgan fingerprint density at radius 2 is 2.20 bits per heavy atom. The predicted molar refractivity (Wildman–Crippen MR) is 113 cm³/mol. The minimum atomic E-state index is -1.11. The lowest BCUT2D eigenvalue weighted by Gasteiger charge is -2.22. The highest BCUT2D eigenvalue weighted by Gasteiger charge is 2.26. The highest BCUT2D eigenvalue weighted by Crippen LogP contribution is 2.20. The molecule has 25 heavy (non-hydrogen) atoms. The van der Waals surface area contributed by atoms with Crippen LogP contribution in [0.3, 0.4) is 0 Å². The molecule has 2 aromatic rings. The Hall–Kier alpha value is -1.13. The van der Waals surface area contributed by atoms with Crippen molar-refractivity contribution >= 4 is 41.3 Å². The van der Waals surface area contributed by atoms with Crippen LogP contribution in [0.25, 0.3) is 0 Å². The van der Waals surface area contributed by atoms with Gasteiger partial charge in [-0.05, 0) is 31.9 Å². The Bertz CT molecular complexity index is 653. The van der Waals surface area contributed by atoms with E-state index < -0.39 is 5.60 Å². The predicted octanol–water partition coefficient (Wildman–Crippen LogP) is 3.44. The number of aromatic nitrogens is 1. The summed E-state index contributed by atoms with van der Waals surface area (Å²) in [5.41, 5.74) is -0.00463. The van der Waals surface area contributed by atoms with Crippen molar-refractivity contribution in [2.75, 3.05) is 13.1 Å². The maximum Gasteiger partial charge on any atom is 0.191 e. The number of nitrogens with one attached hydrogen (secondary N) is 2. The zero-order valence-electron chi connectivity index (χ0n) is 15.1. The van der Waals surface area contributed by atoms with E-state index in [1.54, 1.807) is 36.7 Å². The van der Waals surface area contributed by atoms with Gasteiger partial charge in [-0.25, -0.2) is 9.98 Å². The summed E-state index contributed by atoms with van der Waals surface area (Å²) in [6.45, 7) is 9.51. The van der Waals surface area contributed by atoms with Crippen molar-refractivity contribution in [3.63, 3.8) is 0 Å². The van der Waals surface area contributed by atoms with Crippen LogP contribution in [0.4, 0.5) is 0 Å². The summed E-state index contributed by atoms with van der Waals surface area (Å²) in [6.07, 6.45) is 1.55. The second kappa shape index (κ2) is 10.1. The van der Waals surface area contributed by atoms with Gasteiger partial charge in [-0.3, -0.25) is 0 Å². The summed E-state index contributed by atoms with van der Waals surface area (Å²) in [4.78, 5) is 9.12. The van der Waals surface area contributed by atoms with Crippen molar-refractivity contribution in [2.24, 2.45) is 4.99 Å². The molecule has 1 unspecified atom stereocenters. The number of aliphatic imine (C=N–C) groups is 1. The molecule has 0 radical (unpaired) electrons. The summed E-state index contributed by atoms with van der Waals surface area (Å²) >= 11 is 1.62. The van der Waals surface area contributed by atoms with Crippen molar-refractivity contribution in [1.82, 2.24) is 15.6 Å². The molecule has 0 spiro atoms. The summed E-state index contributed by atoms with van der Waals surface area (Å²) in [6, 6.07) is 3.52. The summed E-state index contributed by atoms with van der Waals surface area (Å²) in [7, 11) is 0. The van der Waals surface area contributed by atoms with Gasteiger partial charge in [0.05, 0.1) is 25.0 Å². The molecule has 0 saturated carbocycles. The monoisotopic (exact) mass is 478 g/mol. The molecule has 8 heteroatoms. The van der Waals surface area contributed by atoms with E-state index in [4.69, 9.17) is 4.42 Å². The Kier molecular flexibility index (Phi) is 8.87. The third-order valence-electron chi connectivity index (χ3n) is 3.53. The largest absolute Gasteiger partial charge is 0.466 e. The van der Waals surface area contributed by atoms with Crippen LogP contribution >= 0.6 is 35.3 Å². The molecule has 0 fully saturated rings. The molecular formula is C17H27IN4O2S. The van der Waals surface area contributed by atoms with Crippen LogP contribution in [0, 0.1) is 0 Å². The van der Waals surface area contributed by atoms with E-state index in [0.717, 1.165) is 17.2 Å². The number of hydrogen-bond acceptors (Lipinski definition) is 5. The van der Waals surface area contributed by atoms with Crippen LogP contribution in [0.15, 0.2) is 33.2 Å². The fourth-order valence-electron chi connectivity index (χ4n) is 2.08. The molecule has 140 valence electrons. The topological polar surface area (TPSA) is 82.7 Å². The highest BCUT2D eigenvalue weighted by molar-refractivity contribution is 14.0. The Labute approximate surface area is 170 Å². The normalized spacial score (nSPS) is 14.1. The standard InChI is InChI=1S/C17H26N4O2S.HI/c1-5-18-16(19-9-15-21-13(10-24-15)12(2)3)20-11-17(4,22)14-7-6-8-23-14;/h6-8,10,12,22H,5,9,11H2,1-4H3,(H2,18,19,20);1H. The minimum absolute atomic E-state index is 0. The second-order valence-electron chi connectivity index (χ2n) is 6.12. The molecular weight excluding hydrogens is 451 g/mol. The zero-order chi connectivity index (χ0) is 17.6. The van der Waals surface area contributed by atoms with Crippen LogP contribution in [0.1, 0.15) is 50.1 Å². The SMILES string of the molecule is CCNC(=NCc1nc(C(C)C)cs1)NCC(C)(O)c1ccco1.I. The Balaban J connectivity index is 0.00000312. The molecule has 2 heterocycles. The summed E-state index contributed by atoms with van der Waals surface area (Å²) in [5.74, 6) is 1.59. The number of thiazole rings is 1. The Morgan fingerprint density at radius 1 is 1.44 bits per heavy atom. The lowest BCUT2D eigenvalue weighted by molar-refractivity contribution is 0.0386. The number of furan rings is 1. The van der Waals surface area contributed by atoms with E-state index in [1.807, 2.05) is 6.92 Å². The van der Waals surface area contributed by atoms with Gasteiger partial charge in [0.1, 0.15) is 16.4 Å². The molecule has 0 aliphatic heterocycles. The van der Waals surface area contributed by atoms with Crippen molar-refractivity contribution in [1.29, 1.82) is 0 Å². The molecule has 0 aliphatic rings. The maximum absolute atomic E-state index is 10.5. The van der Waals surface area contributed by atoms with Gasteiger partial charge in [0, 0.05) is 11.9 Å². The fraction of sp³-hybridized carbons (Fsp3) is 0.529. The third-order valence-corrected chi connectivity index (χ3v) is 4.38. The van der Waals surface area contributed by atoms with Crippen LogP contribution < -0.4 is 10.6 Å². The van der Waals surface area contributed by atoms with Gasteiger partial charge in [0.15, 0.2) is 5.96 Å². The molecule has 0 amide bonds. The number of rotatable bonds is 7. The number of aliphatic hydroxyl groups is 1. The molecule has 3 N–H and O–H groups in total. The van der Waals surface area contributed by atoms with E-state index in [9.17, 15) is 5.11 Å². The first kappa shape index (κ1) is 21.9. The van der Waals surface area contributed by atoms with E-state index in [2.05, 4.69) is 39.8 Å². The zero-order valence-corrected chi connectivity index (χ0v) is 18.2. The van der Waals surface area contributed by atoms with Crippen molar-refractivity contribution < 1.29 is 9.52 Å². The average molecular weight is 478 g/mol. The number of nitrogens with zero attached hydrogens (tertiary/aromatic N) is 2. The molecule has 1 atom stereocenters. The van der Waals surface area contributed by atoms with E-state index >= 15 is 0 Å². The molecule has 6 nitrogen and oxygen atoms in total. The minimum Gasteiger partial charge on any atom is -0.466 e. The third kappa shape index (κ3) is 6.59. The summed E-state index contributed by atoms with van der Waals surface area (Å²) in [5, 5.41) is 19.9. The quantitative estimate of drug-likeness (QED) is 0.323. The first-order valence-corrected chi connectivity index (χ1v) is 9.03. The number of halogens is 1. The second-order valence-corrected chi connectivity index (χ2v) is 7.06. The van der Waals surface area contributed by atoms with Gasteiger partial charge in [-0.15, -0.1) is 35.3 Å². The van der Waals surface area contributed by atoms with Gasteiger partial charge in [0.2, 0.25) is 0 Å². The van der Waals surface area contributed by atoms with Gasteiger partial charge < -0.3 is 20.2 Å². The van der Waals surface area contributed by atoms with Crippen molar-refractivity contribution in [3.05, 3.63) is 40.2 Å². The maximum atomic E-state index is 10.5. The Morgan fingerprint density at radius 3 is 2.76 bits per heavy atom. The van der Waals surface area contributed by atoms with E-state index in [0.29, 0.717) is 30.7 Å². The average Bonchev–Trinajstić information content (AvgIpc) is 3.21. The first-order valence-electron chi connectivity index (χ1n) is 8.15. The number of hydrogen-bond donors (Lipinski definition) is 3. The van der Waals surface area contributed by atoms with E-state index in [-0.39, 0.29) is 24.0 Å². The lowest BCUT2D eigenvalue weighted by atomic mass is 10.0. The molecule has 0 aromatic carbocycles. The molecule has 0 saturated heterocycles. The molecule has 2 rings (SSSR count). The molecule has 0 bridgehead atoms. The van der Waals surface area contributed by atoms with E-state index in [1.165, 1.54) is 0 Å². The summed E-state index contributed by atoms with van der Waals surface area (Å²) < 4.78 is 5.29. The van der Waals surface area contributed by atoms with Gasteiger partial charge in [-0.2, -0.15) is 0 Å². The van der Waals surface area contributed by atoms with Crippen LogP contribution in [-0.2, 0) is 12.1 Å².